The first-order chi connectivity index (χ1) is 15.8. The second kappa shape index (κ2) is 12.2. The minimum Gasteiger partial charge on any atom is -0.392 e. The van der Waals surface area contributed by atoms with Crippen molar-refractivity contribution in [3.05, 3.63) is 54.6 Å². The molecule has 6 atom stereocenters. The summed E-state index contributed by atoms with van der Waals surface area (Å²) >= 11 is 1.71. The number of hydrogen-bond donors (Lipinski definition) is 2. The van der Waals surface area contributed by atoms with E-state index in [-0.39, 0.29) is 38.2 Å². The average Bonchev–Trinajstić information content (AvgIpc) is 3.36. The van der Waals surface area contributed by atoms with Crippen molar-refractivity contribution in [3.63, 3.8) is 0 Å². The van der Waals surface area contributed by atoms with Gasteiger partial charge in [0, 0.05) is 35.7 Å². The van der Waals surface area contributed by atoms with Crippen molar-refractivity contribution in [1.29, 1.82) is 0 Å². The van der Waals surface area contributed by atoms with Gasteiger partial charge in [-0.1, -0.05) is 39.8 Å². The Morgan fingerprint density at radius 2 is 1.74 bits per heavy atom. The minimum absolute atomic E-state index is 0. The molecule has 0 spiro atoms. The van der Waals surface area contributed by atoms with E-state index in [1.165, 1.54) is 11.1 Å². The van der Waals surface area contributed by atoms with Crippen molar-refractivity contribution in [3.8, 4) is 10.6 Å². The van der Waals surface area contributed by atoms with E-state index in [1.807, 2.05) is 42.5 Å². The summed E-state index contributed by atoms with van der Waals surface area (Å²) in [5.74, 6) is 2.68. The molecule has 2 N–H and O–H groups in total. The third kappa shape index (κ3) is 6.17. The first-order valence-corrected chi connectivity index (χ1v) is 13.4. The number of aromatic nitrogens is 1. The van der Waals surface area contributed by atoms with Gasteiger partial charge >= 0.3 is 0 Å². The molecule has 1 heterocycles. The van der Waals surface area contributed by atoms with Crippen LogP contribution in [0.15, 0.2) is 48.5 Å². The molecule has 34 heavy (non-hydrogen) atoms. The maximum atomic E-state index is 10.6. The summed E-state index contributed by atoms with van der Waals surface area (Å²) in [5.41, 5.74) is 2.13. The Hall–Kier alpha value is -1.10. The third-order valence-electron chi connectivity index (χ3n) is 7.59. The molecule has 2 fully saturated rings. The molecule has 5 heteroatoms. The molecule has 2 aliphatic rings. The van der Waals surface area contributed by atoms with Gasteiger partial charge in [-0.05, 0) is 67.4 Å². The van der Waals surface area contributed by atoms with Crippen molar-refractivity contribution >= 4 is 21.6 Å². The first-order valence-electron chi connectivity index (χ1n) is 12.5. The SMILES string of the molecule is CC(C)C[C@H]1CC2CC[C@H](C(C)C)C(O)C2C1O.[Ir].[c-]1ccccc1-c1nc2ccccc2s1. The molecular formula is C29H38IrNO2S-. The van der Waals surface area contributed by atoms with Crippen molar-refractivity contribution < 1.29 is 30.3 Å². The molecular weight excluding hydrogens is 619 g/mol. The van der Waals surface area contributed by atoms with Crippen molar-refractivity contribution in [1.82, 2.24) is 4.98 Å². The molecule has 5 rings (SSSR count). The summed E-state index contributed by atoms with van der Waals surface area (Å²) in [6.07, 6.45) is 4.03. The van der Waals surface area contributed by atoms with E-state index in [0.29, 0.717) is 29.6 Å². The van der Waals surface area contributed by atoms with Gasteiger partial charge in [-0.25, -0.2) is 0 Å². The molecule has 1 radical (unpaired) electrons. The smallest absolute Gasteiger partial charge is 0.0697 e. The van der Waals surface area contributed by atoms with Crippen LogP contribution in [0.25, 0.3) is 20.8 Å². The Bertz CT molecular complexity index is 988. The number of hydrogen-bond acceptors (Lipinski definition) is 4. The summed E-state index contributed by atoms with van der Waals surface area (Å²) in [7, 11) is 0. The molecule has 2 saturated carbocycles. The van der Waals surface area contributed by atoms with Crippen LogP contribution in [0.5, 0.6) is 0 Å². The molecule has 2 aliphatic carbocycles. The van der Waals surface area contributed by atoms with Gasteiger partial charge in [-0.2, -0.15) is 11.3 Å². The number of para-hydroxylation sites is 1. The van der Waals surface area contributed by atoms with Crippen molar-refractivity contribution in [2.45, 2.75) is 65.6 Å². The standard InChI is InChI=1S/C16H30O2.C13H8NS.Ir/c1-9(2)7-12-8-11-5-6-13(10(3)4)16(18)14(11)15(12)17;1-2-6-10(7-3-1)13-14-11-8-4-5-9-12(11)15-13;/h9-18H,5-8H2,1-4H3;1-6,8-9H;/q;-1;/t11?,12-,13+,14?,15?,16?;;/m0../s1. The Kier molecular flexibility index (Phi) is 9.89. The average molecular weight is 657 g/mol. The summed E-state index contributed by atoms with van der Waals surface area (Å²) in [6, 6.07) is 19.3. The molecule has 1 aromatic heterocycles. The van der Waals surface area contributed by atoms with E-state index in [9.17, 15) is 10.2 Å². The zero-order valence-electron chi connectivity index (χ0n) is 20.6. The fourth-order valence-corrected chi connectivity index (χ4v) is 6.97. The van der Waals surface area contributed by atoms with E-state index >= 15 is 0 Å². The third-order valence-corrected chi connectivity index (χ3v) is 8.66. The largest absolute Gasteiger partial charge is 0.392 e. The van der Waals surface area contributed by atoms with Gasteiger partial charge in [0.25, 0.3) is 0 Å². The van der Waals surface area contributed by atoms with Crippen LogP contribution >= 0.6 is 11.3 Å². The molecule has 187 valence electrons. The fraction of sp³-hybridized carbons (Fsp3) is 0.552. The maximum Gasteiger partial charge on any atom is 0.0697 e. The van der Waals surface area contributed by atoms with Crippen LogP contribution < -0.4 is 0 Å². The van der Waals surface area contributed by atoms with Crippen LogP contribution in [0.4, 0.5) is 0 Å². The van der Waals surface area contributed by atoms with Gasteiger partial charge in [0.1, 0.15) is 0 Å². The number of aliphatic hydroxyl groups excluding tert-OH is 2. The number of thiazole rings is 1. The number of fused-ring (bicyclic) bond motifs is 2. The number of nitrogens with zero attached hydrogens (tertiary/aromatic N) is 1. The molecule has 4 unspecified atom stereocenters. The minimum atomic E-state index is -0.282. The first kappa shape index (κ1) is 27.5. The molecule has 2 aromatic carbocycles. The fourth-order valence-electron chi connectivity index (χ4n) is 6.02. The normalized spacial score (nSPS) is 28.4. The molecule has 3 nitrogen and oxygen atoms in total. The Balaban J connectivity index is 0.000000187. The topological polar surface area (TPSA) is 53.4 Å². The summed E-state index contributed by atoms with van der Waals surface area (Å²) < 4.78 is 1.23. The predicted octanol–water partition coefficient (Wildman–Crippen LogP) is 6.83. The van der Waals surface area contributed by atoms with Gasteiger partial charge in [0.2, 0.25) is 0 Å². The van der Waals surface area contributed by atoms with Gasteiger partial charge in [0.05, 0.1) is 17.7 Å². The van der Waals surface area contributed by atoms with Crippen LogP contribution in [0.2, 0.25) is 0 Å². The summed E-state index contributed by atoms with van der Waals surface area (Å²) in [4.78, 5) is 4.57. The predicted molar refractivity (Wildman–Crippen MR) is 138 cm³/mol. The Morgan fingerprint density at radius 3 is 2.38 bits per heavy atom. The molecule has 0 aliphatic heterocycles. The zero-order valence-corrected chi connectivity index (χ0v) is 23.9. The molecule has 0 saturated heterocycles. The van der Waals surface area contributed by atoms with Crippen LogP contribution in [-0.4, -0.2) is 27.4 Å². The van der Waals surface area contributed by atoms with Crippen LogP contribution in [0, 0.1) is 41.6 Å². The van der Waals surface area contributed by atoms with Gasteiger partial charge in [-0.3, -0.25) is 4.98 Å². The van der Waals surface area contributed by atoms with Gasteiger partial charge < -0.3 is 10.2 Å². The van der Waals surface area contributed by atoms with E-state index in [4.69, 9.17) is 0 Å². The van der Waals surface area contributed by atoms with E-state index in [1.54, 1.807) is 11.3 Å². The second-order valence-corrected chi connectivity index (χ2v) is 11.7. The second-order valence-electron chi connectivity index (χ2n) is 10.7. The van der Waals surface area contributed by atoms with E-state index in [2.05, 4.69) is 44.8 Å². The summed E-state index contributed by atoms with van der Waals surface area (Å²) in [5, 5.41) is 22.2. The number of rotatable bonds is 4. The molecule has 3 aromatic rings. The summed E-state index contributed by atoms with van der Waals surface area (Å²) in [6.45, 7) is 8.84. The molecule has 0 amide bonds. The Labute approximate surface area is 222 Å². The quantitative estimate of drug-likeness (QED) is 0.303. The van der Waals surface area contributed by atoms with E-state index < -0.39 is 0 Å². The monoisotopic (exact) mass is 657 g/mol. The van der Waals surface area contributed by atoms with Crippen molar-refractivity contribution in [2.24, 2.45) is 35.5 Å². The number of benzene rings is 2. The molecule has 0 bridgehead atoms. The van der Waals surface area contributed by atoms with Crippen LogP contribution in [0.1, 0.15) is 53.4 Å². The van der Waals surface area contributed by atoms with Crippen LogP contribution in [-0.2, 0) is 20.1 Å². The van der Waals surface area contributed by atoms with Gasteiger partial charge in [-0.15, -0.1) is 35.9 Å². The van der Waals surface area contributed by atoms with Crippen LogP contribution in [0.3, 0.4) is 0 Å². The number of aliphatic hydroxyl groups is 2. The van der Waals surface area contributed by atoms with E-state index in [0.717, 1.165) is 35.4 Å². The zero-order chi connectivity index (χ0) is 23.5. The van der Waals surface area contributed by atoms with Gasteiger partial charge in [0.15, 0.2) is 0 Å². The maximum absolute atomic E-state index is 10.6. The van der Waals surface area contributed by atoms with Crippen molar-refractivity contribution in [2.75, 3.05) is 0 Å². The Morgan fingerprint density at radius 1 is 1.00 bits per heavy atom.